The molecule has 0 spiro atoms. The largest absolute Gasteiger partial charge is 0.395 e. The molecule has 0 aliphatic rings. The molecule has 0 aliphatic carbocycles. The van der Waals surface area contributed by atoms with Gasteiger partial charge in [0.25, 0.3) is 0 Å². The highest BCUT2D eigenvalue weighted by molar-refractivity contribution is 7.89. The fraction of sp³-hybridized carbons (Fsp3) is 0.273. The number of halogens is 2. The van der Waals surface area contributed by atoms with Gasteiger partial charge in [-0.2, -0.15) is 4.31 Å². The Morgan fingerprint density at radius 1 is 1.28 bits per heavy atom. The summed E-state index contributed by atoms with van der Waals surface area (Å²) in [4.78, 5) is -0.490. The molecule has 0 saturated heterocycles. The summed E-state index contributed by atoms with van der Waals surface area (Å²) >= 11 is 0. The summed E-state index contributed by atoms with van der Waals surface area (Å²) in [6, 6.07) is 2.04. The lowest BCUT2D eigenvalue weighted by Gasteiger charge is -2.19. The first-order valence-electron chi connectivity index (χ1n) is 5.10. The van der Waals surface area contributed by atoms with E-state index in [2.05, 4.69) is 6.58 Å². The van der Waals surface area contributed by atoms with Crippen LogP contribution in [-0.4, -0.2) is 37.5 Å². The molecule has 1 rings (SSSR count). The molecule has 0 saturated carbocycles. The van der Waals surface area contributed by atoms with Crippen molar-refractivity contribution in [3.63, 3.8) is 0 Å². The predicted octanol–water partition coefficient (Wildman–Crippen LogP) is 1.13. The monoisotopic (exact) mass is 277 g/mol. The molecule has 7 heteroatoms. The SMILES string of the molecule is C=CCN(CCO)S(=O)(=O)c1cc(F)cc(F)c1. The van der Waals surface area contributed by atoms with Crippen LogP contribution in [0.4, 0.5) is 8.78 Å². The summed E-state index contributed by atoms with van der Waals surface area (Å²) in [7, 11) is -4.05. The second kappa shape index (κ2) is 6.03. The van der Waals surface area contributed by atoms with Crippen LogP contribution in [-0.2, 0) is 10.0 Å². The average Bonchev–Trinajstić information content (AvgIpc) is 2.27. The number of hydrogen-bond acceptors (Lipinski definition) is 3. The van der Waals surface area contributed by atoms with E-state index in [-0.39, 0.29) is 13.1 Å². The lowest BCUT2D eigenvalue weighted by molar-refractivity contribution is 0.260. The average molecular weight is 277 g/mol. The van der Waals surface area contributed by atoms with E-state index in [0.29, 0.717) is 6.07 Å². The van der Waals surface area contributed by atoms with Gasteiger partial charge in [0, 0.05) is 19.2 Å². The molecule has 1 aromatic rings. The van der Waals surface area contributed by atoms with Crippen LogP contribution in [0, 0.1) is 11.6 Å². The third-order valence-electron chi connectivity index (χ3n) is 2.16. The zero-order valence-electron chi connectivity index (χ0n) is 9.51. The van der Waals surface area contributed by atoms with E-state index >= 15 is 0 Å². The van der Waals surface area contributed by atoms with E-state index in [0.717, 1.165) is 16.4 Å². The topological polar surface area (TPSA) is 57.6 Å². The number of benzene rings is 1. The maximum atomic E-state index is 13.0. The highest BCUT2D eigenvalue weighted by Gasteiger charge is 2.24. The summed E-state index contributed by atoms with van der Waals surface area (Å²) in [6.07, 6.45) is 1.32. The molecule has 0 bridgehead atoms. The highest BCUT2D eigenvalue weighted by atomic mass is 32.2. The summed E-state index contributed by atoms with van der Waals surface area (Å²) in [5.74, 6) is -1.95. The van der Waals surface area contributed by atoms with E-state index in [1.807, 2.05) is 0 Å². The summed E-state index contributed by atoms with van der Waals surface area (Å²) in [6.45, 7) is 2.76. The van der Waals surface area contributed by atoms with Gasteiger partial charge in [0.15, 0.2) is 0 Å². The van der Waals surface area contributed by atoms with Crippen LogP contribution in [0.1, 0.15) is 0 Å². The van der Waals surface area contributed by atoms with Crippen LogP contribution in [0.15, 0.2) is 35.7 Å². The second-order valence-electron chi connectivity index (χ2n) is 3.48. The second-order valence-corrected chi connectivity index (χ2v) is 5.42. The fourth-order valence-electron chi connectivity index (χ4n) is 1.39. The zero-order chi connectivity index (χ0) is 13.8. The molecule has 18 heavy (non-hydrogen) atoms. The van der Waals surface area contributed by atoms with Gasteiger partial charge in [-0.05, 0) is 12.1 Å². The number of aliphatic hydroxyl groups excluding tert-OH is 1. The van der Waals surface area contributed by atoms with Crippen molar-refractivity contribution in [3.8, 4) is 0 Å². The van der Waals surface area contributed by atoms with Crippen LogP contribution in [0.25, 0.3) is 0 Å². The molecule has 1 N–H and O–H groups in total. The van der Waals surface area contributed by atoms with Gasteiger partial charge in [-0.1, -0.05) is 6.08 Å². The Balaban J connectivity index is 3.21. The number of hydrogen-bond donors (Lipinski definition) is 1. The summed E-state index contributed by atoms with van der Waals surface area (Å²) in [5, 5.41) is 8.79. The van der Waals surface area contributed by atoms with Gasteiger partial charge in [-0.15, -0.1) is 6.58 Å². The normalized spacial score (nSPS) is 11.8. The van der Waals surface area contributed by atoms with Crippen molar-refractivity contribution in [1.29, 1.82) is 0 Å². The Morgan fingerprint density at radius 3 is 2.28 bits per heavy atom. The van der Waals surface area contributed by atoms with Gasteiger partial charge in [0.1, 0.15) is 11.6 Å². The minimum absolute atomic E-state index is 0.0545. The first-order valence-corrected chi connectivity index (χ1v) is 6.54. The quantitative estimate of drug-likeness (QED) is 0.793. The van der Waals surface area contributed by atoms with E-state index in [1.54, 1.807) is 0 Å². The van der Waals surface area contributed by atoms with Crippen molar-refractivity contribution in [2.75, 3.05) is 19.7 Å². The number of sulfonamides is 1. The van der Waals surface area contributed by atoms with Crippen molar-refractivity contribution in [2.45, 2.75) is 4.90 Å². The van der Waals surface area contributed by atoms with E-state index in [9.17, 15) is 17.2 Å². The lowest BCUT2D eigenvalue weighted by Crippen LogP contribution is -2.33. The summed E-state index contributed by atoms with van der Waals surface area (Å²) < 4.78 is 51.0. The molecule has 0 amide bonds. The van der Waals surface area contributed by atoms with Crippen LogP contribution in [0.2, 0.25) is 0 Å². The number of nitrogens with zero attached hydrogens (tertiary/aromatic N) is 1. The van der Waals surface area contributed by atoms with Gasteiger partial charge < -0.3 is 5.11 Å². The van der Waals surface area contributed by atoms with Crippen molar-refractivity contribution in [2.24, 2.45) is 0 Å². The van der Waals surface area contributed by atoms with E-state index < -0.39 is 33.2 Å². The fourth-order valence-corrected chi connectivity index (χ4v) is 2.84. The molecule has 0 aromatic heterocycles. The third-order valence-corrected chi connectivity index (χ3v) is 4.00. The Morgan fingerprint density at radius 2 is 1.83 bits per heavy atom. The molecule has 0 atom stereocenters. The minimum Gasteiger partial charge on any atom is -0.395 e. The Hall–Kier alpha value is -1.31. The Bertz CT molecular complexity index is 511. The third kappa shape index (κ3) is 3.34. The molecular formula is C11H13F2NO3S. The molecule has 0 radical (unpaired) electrons. The standard InChI is InChI=1S/C11H13F2NO3S/c1-2-3-14(4-5-15)18(16,17)11-7-9(12)6-10(13)8-11/h2,6-8,15H,1,3-5H2. The first-order chi connectivity index (χ1) is 8.41. The van der Waals surface area contributed by atoms with Gasteiger partial charge in [0.2, 0.25) is 10.0 Å². The molecular weight excluding hydrogens is 264 g/mol. The van der Waals surface area contributed by atoms with E-state index in [4.69, 9.17) is 5.11 Å². The number of aliphatic hydroxyl groups is 1. The lowest BCUT2D eigenvalue weighted by atomic mass is 10.3. The minimum atomic E-state index is -4.05. The van der Waals surface area contributed by atoms with Crippen LogP contribution in [0.5, 0.6) is 0 Å². The van der Waals surface area contributed by atoms with Crippen molar-refractivity contribution >= 4 is 10.0 Å². The zero-order valence-corrected chi connectivity index (χ0v) is 10.3. The molecule has 100 valence electrons. The molecule has 1 aromatic carbocycles. The smallest absolute Gasteiger partial charge is 0.243 e. The van der Waals surface area contributed by atoms with E-state index in [1.165, 1.54) is 6.08 Å². The van der Waals surface area contributed by atoms with Crippen molar-refractivity contribution in [1.82, 2.24) is 4.31 Å². The Kier molecular flexibility index (Phi) is 4.94. The van der Waals surface area contributed by atoms with Crippen LogP contribution in [0.3, 0.4) is 0 Å². The Labute approximate surface area is 104 Å². The van der Waals surface area contributed by atoms with Gasteiger partial charge >= 0.3 is 0 Å². The summed E-state index contributed by atoms with van der Waals surface area (Å²) in [5.41, 5.74) is 0. The molecule has 0 unspecified atom stereocenters. The van der Waals surface area contributed by atoms with Gasteiger partial charge in [-0.3, -0.25) is 0 Å². The first kappa shape index (κ1) is 14.7. The number of rotatable bonds is 6. The molecule has 0 aliphatic heterocycles. The predicted molar refractivity (Wildman–Crippen MR) is 62.4 cm³/mol. The van der Waals surface area contributed by atoms with Gasteiger partial charge in [0.05, 0.1) is 11.5 Å². The van der Waals surface area contributed by atoms with Crippen LogP contribution >= 0.6 is 0 Å². The van der Waals surface area contributed by atoms with Crippen molar-refractivity contribution < 1.29 is 22.3 Å². The molecule has 0 fully saturated rings. The maximum absolute atomic E-state index is 13.0. The highest BCUT2D eigenvalue weighted by Crippen LogP contribution is 2.18. The molecule has 0 heterocycles. The van der Waals surface area contributed by atoms with Crippen LogP contribution < -0.4 is 0 Å². The maximum Gasteiger partial charge on any atom is 0.243 e. The van der Waals surface area contributed by atoms with Gasteiger partial charge in [-0.25, -0.2) is 17.2 Å². The van der Waals surface area contributed by atoms with Crippen molar-refractivity contribution in [3.05, 3.63) is 42.5 Å². The molecule has 4 nitrogen and oxygen atoms in total.